The third-order valence-electron chi connectivity index (χ3n) is 5.67. The number of nitrogens with zero attached hydrogens (tertiary/aromatic N) is 2. The Bertz CT molecular complexity index is 1380. The predicted octanol–water partition coefficient (Wildman–Crippen LogP) is 5.54. The molecule has 0 spiro atoms. The van der Waals surface area contributed by atoms with Crippen molar-refractivity contribution in [2.75, 3.05) is 0 Å². The van der Waals surface area contributed by atoms with E-state index in [2.05, 4.69) is 6.07 Å². The summed E-state index contributed by atoms with van der Waals surface area (Å²) in [5.41, 5.74) is 3.92. The topological polar surface area (TPSA) is 72.2 Å². The van der Waals surface area contributed by atoms with E-state index >= 15 is 0 Å². The van der Waals surface area contributed by atoms with Crippen molar-refractivity contribution in [1.29, 1.82) is 0 Å². The van der Waals surface area contributed by atoms with Gasteiger partial charge in [-0.05, 0) is 45.7 Å². The first kappa shape index (κ1) is 21.0. The highest BCUT2D eigenvalue weighted by Gasteiger charge is 2.35. The quantitative estimate of drug-likeness (QED) is 0.460. The van der Waals surface area contributed by atoms with Crippen LogP contribution in [0.3, 0.4) is 0 Å². The summed E-state index contributed by atoms with van der Waals surface area (Å²) in [6.45, 7) is 9.08. The highest BCUT2D eigenvalue weighted by atomic mass is 32.1. The molecule has 6 heteroatoms. The lowest BCUT2D eigenvalue weighted by Crippen LogP contribution is -2.44. The van der Waals surface area contributed by atoms with Crippen LogP contribution >= 0.6 is 11.3 Å². The monoisotopic (exact) mass is 432 g/mol. The fraction of sp³-hybridized carbons (Fsp3) is 0.240. The summed E-state index contributed by atoms with van der Waals surface area (Å²) in [6, 6.07) is 13.7. The SMILES string of the molecule is Cc1ccc(-c2nc3scc(-c4ccc(C)cc4C)c3c(=O)n2C(C)(C)C(=O)O)cc1. The van der Waals surface area contributed by atoms with E-state index in [1.165, 1.54) is 29.8 Å². The average Bonchev–Trinajstić information content (AvgIpc) is 3.12. The maximum absolute atomic E-state index is 13.8. The van der Waals surface area contributed by atoms with Gasteiger partial charge in [0.15, 0.2) is 0 Å². The first-order chi connectivity index (χ1) is 14.6. The highest BCUT2D eigenvalue weighted by molar-refractivity contribution is 7.17. The summed E-state index contributed by atoms with van der Waals surface area (Å²) in [6.07, 6.45) is 0. The van der Waals surface area contributed by atoms with Crippen LogP contribution < -0.4 is 5.56 Å². The summed E-state index contributed by atoms with van der Waals surface area (Å²) in [7, 11) is 0. The zero-order valence-corrected chi connectivity index (χ0v) is 19.0. The number of aryl methyl sites for hydroxylation is 3. The van der Waals surface area contributed by atoms with E-state index in [4.69, 9.17) is 4.98 Å². The molecular formula is C25H24N2O3S. The number of hydrogen-bond acceptors (Lipinski definition) is 4. The summed E-state index contributed by atoms with van der Waals surface area (Å²) in [4.78, 5) is 31.4. The van der Waals surface area contributed by atoms with Gasteiger partial charge in [-0.2, -0.15) is 0 Å². The summed E-state index contributed by atoms with van der Waals surface area (Å²) in [5, 5.41) is 12.3. The van der Waals surface area contributed by atoms with Crippen LogP contribution in [-0.4, -0.2) is 20.6 Å². The number of carboxylic acids is 1. The Kier molecular flexibility index (Phi) is 5.06. The van der Waals surface area contributed by atoms with Crippen LogP contribution in [-0.2, 0) is 10.3 Å². The third kappa shape index (κ3) is 3.47. The maximum Gasteiger partial charge on any atom is 0.329 e. The second kappa shape index (κ2) is 7.46. The van der Waals surface area contributed by atoms with Gasteiger partial charge >= 0.3 is 5.97 Å². The first-order valence-corrected chi connectivity index (χ1v) is 10.9. The minimum absolute atomic E-state index is 0.343. The van der Waals surface area contributed by atoms with Gasteiger partial charge in [-0.1, -0.05) is 53.6 Å². The molecule has 0 unspecified atom stereocenters. The molecule has 0 radical (unpaired) electrons. The Morgan fingerprint density at radius 2 is 1.65 bits per heavy atom. The molecule has 0 aliphatic rings. The van der Waals surface area contributed by atoms with Gasteiger partial charge < -0.3 is 5.11 Å². The Morgan fingerprint density at radius 1 is 1.00 bits per heavy atom. The second-order valence-corrected chi connectivity index (χ2v) is 9.31. The molecule has 0 bridgehead atoms. The summed E-state index contributed by atoms with van der Waals surface area (Å²) in [5.74, 6) is -0.730. The van der Waals surface area contributed by atoms with Crippen LogP contribution in [0.4, 0.5) is 0 Å². The number of carbonyl (C=O) groups is 1. The molecule has 2 aromatic carbocycles. The predicted molar refractivity (Wildman–Crippen MR) is 126 cm³/mol. The maximum atomic E-state index is 13.8. The molecule has 2 heterocycles. The van der Waals surface area contributed by atoms with Crippen LogP contribution in [0.15, 0.2) is 52.6 Å². The Hall–Kier alpha value is -3.25. The molecule has 4 aromatic rings. The van der Waals surface area contributed by atoms with E-state index in [9.17, 15) is 14.7 Å². The number of benzene rings is 2. The van der Waals surface area contributed by atoms with Gasteiger partial charge in [0.05, 0.1) is 5.39 Å². The van der Waals surface area contributed by atoms with Gasteiger partial charge in [0, 0.05) is 16.5 Å². The van der Waals surface area contributed by atoms with E-state index < -0.39 is 11.5 Å². The van der Waals surface area contributed by atoms with Crippen LogP contribution in [0.2, 0.25) is 0 Å². The average molecular weight is 433 g/mol. The molecule has 0 aliphatic heterocycles. The van der Waals surface area contributed by atoms with E-state index in [1.807, 2.05) is 62.5 Å². The number of hydrogen-bond donors (Lipinski definition) is 1. The zero-order chi connectivity index (χ0) is 22.5. The molecule has 0 saturated carbocycles. The van der Waals surface area contributed by atoms with Crippen molar-refractivity contribution in [1.82, 2.24) is 9.55 Å². The van der Waals surface area contributed by atoms with Crippen LogP contribution in [0, 0.1) is 20.8 Å². The molecule has 0 fully saturated rings. The van der Waals surface area contributed by atoms with Crippen molar-refractivity contribution in [3.63, 3.8) is 0 Å². The molecular weight excluding hydrogens is 408 g/mol. The number of aromatic nitrogens is 2. The molecule has 0 saturated heterocycles. The minimum atomic E-state index is -1.47. The molecule has 0 aliphatic carbocycles. The third-order valence-corrected chi connectivity index (χ3v) is 6.54. The van der Waals surface area contributed by atoms with E-state index in [1.54, 1.807) is 0 Å². The van der Waals surface area contributed by atoms with Crippen LogP contribution in [0.1, 0.15) is 30.5 Å². The fourth-order valence-electron chi connectivity index (χ4n) is 3.82. The zero-order valence-electron chi connectivity index (χ0n) is 18.2. The molecule has 5 nitrogen and oxygen atoms in total. The fourth-order valence-corrected chi connectivity index (χ4v) is 4.74. The largest absolute Gasteiger partial charge is 0.480 e. The normalized spacial score (nSPS) is 11.8. The van der Waals surface area contributed by atoms with Crippen molar-refractivity contribution in [2.24, 2.45) is 0 Å². The molecule has 0 amide bonds. The van der Waals surface area contributed by atoms with E-state index in [0.29, 0.717) is 21.6 Å². The number of rotatable bonds is 4. The van der Waals surface area contributed by atoms with Crippen LogP contribution in [0.25, 0.3) is 32.7 Å². The molecule has 1 N–H and O–H groups in total. The standard InChI is InChI=1S/C25H24N2O3S/c1-14-6-9-17(10-7-14)21-26-22-20(23(28)27(21)25(4,5)24(29)30)19(13-31-22)18-11-8-15(2)12-16(18)3/h6-13H,1-5H3,(H,29,30). The number of carboxylic acid groups (broad SMARTS) is 1. The lowest BCUT2D eigenvalue weighted by Gasteiger charge is -2.26. The molecule has 2 aromatic heterocycles. The highest BCUT2D eigenvalue weighted by Crippen LogP contribution is 2.35. The Morgan fingerprint density at radius 3 is 2.26 bits per heavy atom. The second-order valence-electron chi connectivity index (χ2n) is 8.45. The van der Waals surface area contributed by atoms with Crippen molar-refractivity contribution < 1.29 is 9.90 Å². The van der Waals surface area contributed by atoms with Crippen molar-refractivity contribution in [2.45, 2.75) is 40.2 Å². The first-order valence-electron chi connectivity index (χ1n) is 10.0. The smallest absolute Gasteiger partial charge is 0.329 e. The number of thiophene rings is 1. The number of fused-ring (bicyclic) bond motifs is 1. The van der Waals surface area contributed by atoms with Gasteiger partial charge in [0.25, 0.3) is 5.56 Å². The summed E-state index contributed by atoms with van der Waals surface area (Å²) >= 11 is 1.40. The van der Waals surface area contributed by atoms with Gasteiger partial charge in [-0.15, -0.1) is 11.3 Å². The van der Waals surface area contributed by atoms with Gasteiger partial charge in [-0.25, -0.2) is 9.78 Å². The minimum Gasteiger partial charge on any atom is -0.480 e. The van der Waals surface area contributed by atoms with Gasteiger partial charge in [-0.3, -0.25) is 9.36 Å². The van der Waals surface area contributed by atoms with E-state index in [-0.39, 0.29) is 5.56 Å². The lowest BCUT2D eigenvalue weighted by atomic mass is 9.98. The van der Waals surface area contributed by atoms with E-state index in [0.717, 1.165) is 27.8 Å². The Labute approximate surface area is 184 Å². The van der Waals surface area contributed by atoms with Gasteiger partial charge in [0.2, 0.25) is 0 Å². The molecule has 158 valence electrons. The van der Waals surface area contributed by atoms with Crippen molar-refractivity contribution in [3.05, 3.63) is 74.9 Å². The van der Waals surface area contributed by atoms with Crippen LogP contribution in [0.5, 0.6) is 0 Å². The molecule has 31 heavy (non-hydrogen) atoms. The molecule has 4 rings (SSSR count). The lowest BCUT2D eigenvalue weighted by molar-refractivity contribution is -0.145. The Balaban J connectivity index is 2.10. The molecule has 0 atom stereocenters. The number of aliphatic carboxylic acids is 1. The van der Waals surface area contributed by atoms with Crippen molar-refractivity contribution >= 4 is 27.5 Å². The van der Waals surface area contributed by atoms with Crippen molar-refractivity contribution in [3.8, 4) is 22.5 Å². The van der Waals surface area contributed by atoms with Gasteiger partial charge in [0.1, 0.15) is 16.2 Å². The summed E-state index contributed by atoms with van der Waals surface area (Å²) < 4.78 is 1.32.